The summed E-state index contributed by atoms with van der Waals surface area (Å²) in [6, 6.07) is 15.6. The van der Waals surface area contributed by atoms with E-state index in [2.05, 4.69) is 10.6 Å². The van der Waals surface area contributed by atoms with E-state index in [1.54, 1.807) is 48.5 Å². The quantitative estimate of drug-likeness (QED) is 0.635. The molecular weight excluding hydrogens is 396 g/mol. The van der Waals surface area contributed by atoms with Crippen molar-refractivity contribution in [3.8, 4) is 0 Å². The highest BCUT2D eigenvalue weighted by Gasteiger charge is 2.20. The maximum Gasteiger partial charge on any atom is 0.332 e. The molecule has 8 nitrogen and oxygen atoms in total. The fourth-order valence-corrected chi connectivity index (χ4v) is 4.02. The topological polar surface area (TPSA) is 102 Å². The highest BCUT2D eigenvalue weighted by atomic mass is 16.2. The first-order valence-electron chi connectivity index (χ1n) is 10.4. The summed E-state index contributed by atoms with van der Waals surface area (Å²) in [5.41, 5.74) is -0.266. The standard InChI is InChI=1S/C23H24N4O4/c28-20(24-16-8-2-1-3-9-16)14-26-19-13-7-6-12-18(19)22(30)27(23(26)31)15-21(29)25-17-10-4-5-11-17/h1-3,6-9,12-13,17H,4-5,10-11,14-15H2,(H,24,28)(H,25,29). The second-order valence-electron chi connectivity index (χ2n) is 7.74. The Morgan fingerprint density at radius 2 is 1.48 bits per heavy atom. The van der Waals surface area contributed by atoms with Crippen molar-refractivity contribution in [1.29, 1.82) is 0 Å². The first-order chi connectivity index (χ1) is 15.0. The molecular formula is C23H24N4O4. The summed E-state index contributed by atoms with van der Waals surface area (Å²) in [5, 5.41) is 5.92. The number of anilines is 1. The van der Waals surface area contributed by atoms with Gasteiger partial charge in [-0.2, -0.15) is 0 Å². The Hall–Kier alpha value is -3.68. The van der Waals surface area contributed by atoms with Gasteiger partial charge in [-0.15, -0.1) is 0 Å². The van der Waals surface area contributed by atoms with Gasteiger partial charge in [-0.3, -0.25) is 23.5 Å². The number of carbonyl (C=O) groups excluding carboxylic acids is 2. The van der Waals surface area contributed by atoms with E-state index in [0.29, 0.717) is 11.2 Å². The summed E-state index contributed by atoms with van der Waals surface area (Å²) in [5.74, 6) is -0.777. The summed E-state index contributed by atoms with van der Waals surface area (Å²) in [4.78, 5) is 51.1. The van der Waals surface area contributed by atoms with Gasteiger partial charge in [0.2, 0.25) is 11.8 Å². The first-order valence-corrected chi connectivity index (χ1v) is 10.4. The van der Waals surface area contributed by atoms with Crippen LogP contribution in [0.1, 0.15) is 25.7 Å². The average molecular weight is 420 g/mol. The second kappa shape index (κ2) is 8.99. The Morgan fingerprint density at radius 1 is 0.839 bits per heavy atom. The van der Waals surface area contributed by atoms with Gasteiger partial charge in [-0.05, 0) is 37.1 Å². The maximum absolute atomic E-state index is 13.1. The Bertz CT molecular complexity index is 1220. The van der Waals surface area contributed by atoms with E-state index in [1.807, 2.05) is 6.07 Å². The molecule has 0 saturated heterocycles. The molecule has 2 amide bonds. The van der Waals surface area contributed by atoms with Crippen LogP contribution in [0.4, 0.5) is 5.69 Å². The summed E-state index contributed by atoms with van der Waals surface area (Å²) >= 11 is 0. The number of nitrogens with zero attached hydrogens (tertiary/aromatic N) is 2. The van der Waals surface area contributed by atoms with Crippen molar-refractivity contribution in [2.45, 2.75) is 44.8 Å². The van der Waals surface area contributed by atoms with Crippen LogP contribution in [-0.2, 0) is 22.7 Å². The number of aromatic nitrogens is 2. The molecule has 2 N–H and O–H groups in total. The highest BCUT2D eigenvalue weighted by molar-refractivity contribution is 5.91. The largest absolute Gasteiger partial charge is 0.352 e. The fraction of sp³-hybridized carbons (Fsp3) is 0.304. The van der Waals surface area contributed by atoms with Gasteiger partial charge in [-0.1, -0.05) is 43.2 Å². The predicted octanol–water partition coefficient (Wildman–Crippen LogP) is 1.86. The summed E-state index contributed by atoms with van der Waals surface area (Å²) in [6.07, 6.45) is 3.93. The van der Waals surface area contributed by atoms with Crippen LogP contribution in [0, 0.1) is 0 Å². The smallest absolute Gasteiger partial charge is 0.332 e. The number of carbonyl (C=O) groups is 2. The van der Waals surface area contributed by atoms with Crippen LogP contribution in [0.3, 0.4) is 0 Å². The Morgan fingerprint density at radius 3 is 2.23 bits per heavy atom. The van der Waals surface area contributed by atoms with E-state index in [9.17, 15) is 19.2 Å². The molecule has 2 aromatic carbocycles. The van der Waals surface area contributed by atoms with Crippen molar-refractivity contribution < 1.29 is 9.59 Å². The third-order valence-corrected chi connectivity index (χ3v) is 5.51. The molecule has 0 atom stereocenters. The number of hydrogen-bond donors (Lipinski definition) is 2. The summed E-state index contributed by atoms with van der Waals surface area (Å²) in [7, 11) is 0. The van der Waals surface area contributed by atoms with E-state index < -0.39 is 17.2 Å². The minimum Gasteiger partial charge on any atom is -0.352 e. The van der Waals surface area contributed by atoms with Crippen molar-refractivity contribution in [1.82, 2.24) is 14.5 Å². The van der Waals surface area contributed by atoms with Crippen LogP contribution in [0.15, 0.2) is 64.2 Å². The molecule has 160 valence electrons. The number of benzene rings is 2. The van der Waals surface area contributed by atoms with Gasteiger partial charge in [0.25, 0.3) is 5.56 Å². The molecule has 0 spiro atoms. The Kier molecular flexibility index (Phi) is 5.97. The van der Waals surface area contributed by atoms with E-state index >= 15 is 0 Å². The molecule has 1 heterocycles. The molecule has 1 aliphatic carbocycles. The number of hydrogen-bond acceptors (Lipinski definition) is 4. The van der Waals surface area contributed by atoms with Crippen molar-refractivity contribution in [2.75, 3.05) is 5.32 Å². The third-order valence-electron chi connectivity index (χ3n) is 5.51. The van der Waals surface area contributed by atoms with Gasteiger partial charge in [0, 0.05) is 11.7 Å². The molecule has 0 aliphatic heterocycles. The number of fused-ring (bicyclic) bond motifs is 1. The molecule has 1 aromatic heterocycles. The van der Waals surface area contributed by atoms with Crippen LogP contribution < -0.4 is 21.9 Å². The van der Waals surface area contributed by atoms with Crippen molar-refractivity contribution >= 4 is 28.4 Å². The monoisotopic (exact) mass is 420 g/mol. The van der Waals surface area contributed by atoms with Crippen LogP contribution in [0.25, 0.3) is 10.9 Å². The normalized spacial score (nSPS) is 13.9. The van der Waals surface area contributed by atoms with Gasteiger partial charge >= 0.3 is 5.69 Å². The van der Waals surface area contributed by atoms with Crippen LogP contribution in [-0.4, -0.2) is 27.0 Å². The number of para-hydroxylation sites is 2. The zero-order valence-corrected chi connectivity index (χ0v) is 17.0. The van der Waals surface area contributed by atoms with Gasteiger partial charge in [0.1, 0.15) is 13.1 Å². The lowest BCUT2D eigenvalue weighted by Crippen LogP contribution is -2.46. The number of nitrogens with one attached hydrogen (secondary N) is 2. The van der Waals surface area contributed by atoms with Gasteiger partial charge in [-0.25, -0.2) is 4.79 Å². The second-order valence-corrected chi connectivity index (χ2v) is 7.74. The SMILES string of the molecule is O=C(Cn1c(=O)n(CC(=O)NC2CCCC2)c(=O)c2ccccc21)Nc1ccccc1. The van der Waals surface area contributed by atoms with Gasteiger partial charge in [0.15, 0.2) is 0 Å². The van der Waals surface area contributed by atoms with Crippen LogP contribution >= 0.6 is 0 Å². The predicted molar refractivity (Wildman–Crippen MR) is 118 cm³/mol. The molecule has 0 unspecified atom stereocenters. The minimum atomic E-state index is -0.687. The molecule has 8 heteroatoms. The van der Waals surface area contributed by atoms with E-state index in [1.165, 1.54) is 4.57 Å². The molecule has 3 aromatic rings. The summed E-state index contributed by atoms with van der Waals surface area (Å²) < 4.78 is 2.14. The lowest BCUT2D eigenvalue weighted by atomic mass is 10.2. The summed E-state index contributed by atoms with van der Waals surface area (Å²) in [6.45, 7) is -0.655. The molecule has 1 fully saturated rings. The fourth-order valence-electron chi connectivity index (χ4n) is 4.02. The minimum absolute atomic E-state index is 0.0857. The molecule has 1 aliphatic rings. The zero-order valence-electron chi connectivity index (χ0n) is 17.0. The van der Waals surface area contributed by atoms with Crippen LogP contribution in [0.2, 0.25) is 0 Å². The van der Waals surface area contributed by atoms with Gasteiger partial charge in [0.05, 0.1) is 10.9 Å². The molecule has 1 saturated carbocycles. The third kappa shape index (κ3) is 4.58. The number of rotatable bonds is 6. The lowest BCUT2D eigenvalue weighted by molar-refractivity contribution is -0.122. The molecule has 4 rings (SSSR count). The van der Waals surface area contributed by atoms with Crippen molar-refractivity contribution in [2.24, 2.45) is 0 Å². The number of amides is 2. The Balaban J connectivity index is 1.65. The maximum atomic E-state index is 13.1. The van der Waals surface area contributed by atoms with E-state index in [0.717, 1.165) is 30.3 Å². The first kappa shape index (κ1) is 20.6. The molecule has 0 bridgehead atoms. The van der Waals surface area contributed by atoms with E-state index in [4.69, 9.17) is 0 Å². The van der Waals surface area contributed by atoms with Crippen molar-refractivity contribution in [3.63, 3.8) is 0 Å². The molecule has 0 radical (unpaired) electrons. The highest BCUT2D eigenvalue weighted by Crippen LogP contribution is 2.17. The van der Waals surface area contributed by atoms with Crippen molar-refractivity contribution in [3.05, 3.63) is 75.4 Å². The Labute approximate surface area is 178 Å². The average Bonchev–Trinajstić information content (AvgIpc) is 3.28. The zero-order chi connectivity index (χ0) is 21.8. The van der Waals surface area contributed by atoms with E-state index in [-0.39, 0.29) is 30.4 Å². The van der Waals surface area contributed by atoms with Crippen LogP contribution in [0.5, 0.6) is 0 Å². The lowest BCUT2D eigenvalue weighted by Gasteiger charge is -2.15. The van der Waals surface area contributed by atoms with Gasteiger partial charge < -0.3 is 10.6 Å². The molecule has 31 heavy (non-hydrogen) atoms.